The highest BCUT2D eigenvalue weighted by Gasteiger charge is 2.25. The average Bonchev–Trinajstić information content (AvgIpc) is 2.29. The van der Waals surface area contributed by atoms with E-state index in [-0.39, 0.29) is 30.4 Å². The van der Waals surface area contributed by atoms with Crippen LogP contribution in [0.25, 0.3) is 0 Å². The number of rotatable bonds is 2. The van der Waals surface area contributed by atoms with E-state index in [9.17, 15) is 14.4 Å². The van der Waals surface area contributed by atoms with E-state index >= 15 is 0 Å². The molecule has 1 aromatic heterocycles. The van der Waals surface area contributed by atoms with Crippen molar-refractivity contribution in [2.75, 3.05) is 11.4 Å². The summed E-state index contributed by atoms with van der Waals surface area (Å²) in [7, 11) is 0. The number of nitrogens with zero attached hydrogens (tertiary/aromatic N) is 2. The Morgan fingerprint density at radius 2 is 2.18 bits per heavy atom. The zero-order chi connectivity index (χ0) is 12.4. The molecule has 1 fully saturated rings. The van der Waals surface area contributed by atoms with Gasteiger partial charge in [-0.1, -0.05) is 6.07 Å². The van der Waals surface area contributed by atoms with Gasteiger partial charge in [0.15, 0.2) is 5.69 Å². The van der Waals surface area contributed by atoms with E-state index in [0.29, 0.717) is 0 Å². The fourth-order valence-corrected chi connectivity index (χ4v) is 1.48. The number of hydrogen-bond acceptors (Lipinski definition) is 4. The highest BCUT2D eigenvalue weighted by Crippen LogP contribution is 2.14. The van der Waals surface area contributed by atoms with E-state index in [1.165, 1.54) is 23.1 Å². The molecule has 0 radical (unpaired) electrons. The summed E-state index contributed by atoms with van der Waals surface area (Å²) < 4.78 is 0. The molecule has 1 aliphatic rings. The first-order valence-corrected chi connectivity index (χ1v) is 4.89. The third kappa shape index (κ3) is 2.22. The van der Waals surface area contributed by atoms with Gasteiger partial charge in [-0.25, -0.2) is 14.6 Å². The van der Waals surface area contributed by atoms with Crippen molar-refractivity contribution in [3.8, 4) is 0 Å². The molecule has 0 unspecified atom stereocenters. The zero-order valence-corrected chi connectivity index (χ0v) is 8.71. The fourth-order valence-electron chi connectivity index (χ4n) is 1.48. The number of aromatic carboxylic acids is 1. The molecule has 0 atom stereocenters. The van der Waals surface area contributed by atoms with Crippen LogP contribution < -0.4 is 10.2 Å². The summed E-state index contributed by atoms with van der Waals surface area (Å²) in [6.45, 7) is 0.195. The summed E-state index contributed by atoms with van der Waals surface area (Å²) >= 11 is 0. The van der Waals surface area contributed by atoms with Crippen molar-refractivity contribution in [3.05, 3.63) is 23.9 Å². The number of carboxylic acid groups (broad SMARTS) is 1. The molecule has 2 heterocycles. The van der Waals surface area contributed by atoms with E-state index in [1.54, 1.807) is 0 Å². The van der Waals surface area contributed by atoms with Crippen LogP contribution in [0.3, 0.4) is 0 Å². The van der Waals surface area contributed by atoms with Crippen LogP contribution in [0.4, 0.5) is 10.6 Å². The number of hydrogen-bond donors (Lipinski definition) is 2. The SMILES string of the molecule is O=C1CCN(c2cccc(C(=O)O)n2)C(=O)N1. The number of imide groups is 1. The molecule has 3 amide bonds. The Kier molecular flexibility index (Phi) is 2.73. The minimum absolute atomic E-state index is 0.146. The number of carboxylic acids is 1. The monoisotopic (exact) mass is 235 g/mol. The third-order valence-electron chi connectivity index (χ3n) is 2.28. The minimum Gasteiger partial charge on any atom is -0.477 e. The molecular formula is C10H9N3O4. The maximum atomic E-state index is 11.5. The summed E-state index contributed by atoms with van der Waals surface area (Å²) in [6.07, 6.45) is 0.171. The summed E-state index contributed by atoms with van der Waals surface area (Å²) in [5.41, 5.74) is -0.146. The van der Waals surface area contributed by atoms with E-state index in [4.69, 9.17) is 5.11 Å². The second-order valence-corrected chi connectivity index (χ2v) is 3.44. The first kappa shape index (κ1) is 11.1. The van der Waals surface area contributed by atoms with Crippen LogP contribution in [0.5, 0.6) is 0 Å². The van der Waals surface area contributed by atoms with Gasteiger partial charge in [0.2, 0.25) is 5.91 Å². The number of aromatic nitrogens is 1. The fraction of sp³-hybridized carbons (Fsp3) is 0.200. The Hall–Kier alpha value is -2.44. The van der Waals surface area contributed by atoms with Crippen LogP contribution in [0.2, 0.25) is 0 Å². The molecule has 7 nitrogen and oxygen atoms in total. The molecule has 0 aliphatic carbocycles. The maximum Gasteiger partial charge on any atom is 0.354 e. The van der Waals surface area contributed by atoms with Crippen molar-refractivity contribution >= 4 is 23.7 Å². The lowest BCUT2D eigenvalue weighted by Crippen LogP contribution is -2.50. The van der Waals surface area contributed by atoms with Gasteiger partial charge in [0.25, 0.3) is 0 Å². The van der Waals surface area contributed by atoms with Gasteiger partial charge >= 0.3 is 12.0 Å². The number of nitrogens with one attached hydrogen (secondary N) is 1. The van der Waals surface area contributed by atoms with Crippen molar-refractivity contribution in [3.63, 3.8) is 0 Å². The molecule has 1 saturated heterocycles. The van der Waals surface area contributed by atoms with E-state index < -0.39 is 12.0 Å². The molecule has 2 N–H and O–H groups in total. The number of carbonyl (C=O) groups is 3. The molecule has 2 rings (SSSR count). The standard InChI is InChI=1S/C10H9N3O4/c14-8-4-5-13(10(17)12-8)7-3-1-2-6(11-7)9(15)16/h1-3H,4-5H2,(H,15,16)(H,12,14,17). The summed E-state index contributed by atoms with van der Waals surface area (Å²) in [6, 6.07) is 3.76. The van der Waals surface area contributed by atoms with Gasteiger partial charge in [-0.3, -0.25) is 15.0 Å². The summed E-state index contributed by atoms with van der Waals surface area (Å²) in [5.74, 6) is -1.30. The van der Waals surface area contributed by atoms with Crippen molar-refractivity contribution in [1.82, 2.24) is 10.3 Å². The number of amides is 3. The van der Waals surface area contributed by atoms with Crippen LogP contribution in [-0.2, 0) is 4.79 Å². The number of urea groups is 1. The smallest absolute Gasteiger partial charge is 0.354 e. The van der Waals surface area contributed by atoms with Crippen LogP contribution in [0.15, 0.2) is 18.2 Å². The first-order chi connectivity index (χ1) is 8.08. The first-order valence-electron chi connectivity index (χ1n) is 4.89. The topological polar surface area (TPSA) is 99.6 Å². The molecule has 1 aliphatic heterocycles. The molecule has 88 valence electrons. The van der Waals surface area contributed by atoms with Crippen molar-refractivity contribution in [2.45, 2.75) is 6.42 Å². The highest BCUT2D eigenvalue weighted by molar-refractivity contribution is 6.05. The van der Waals surface area contributed by atoms with Gasteiger partial charge in [-0.15, -0.1) is 0 Å². The lowest BCUT2D eigenvalue weighted by molar-refractivity contribution is -0.120. The molecule has 1 aromatic rings. The Morgan fingerprint density at radius 3 is 2.82 bits per heavy atom. The third-order valence-corrected chi connectivity index (χ3v) is 2.28. The predicted octanol–water partition coefficient (Wildman–Crippen LogP) is 0.226. The molecule has 0 aromatic carbocycles. The molecule has 0 saturated carbocycles. The summed E-state index contributed by atoms with van der Waals surface area (Å²) in [4.78, 5) is 38.2. The van der Waals surface area contributed by atoms with Gasteiger partial charge in [0.1, 0.15) is 5.82 Å². The van der Waals surface area contributed by atoms with Gasteiger partial charge in [-0.05, 0) is 12.1 Å². The summed E-state index contributed by atoms with van der Waals surface area (Å²) in [5, 5.41) is 10.9. The maximum absolute atomic E-state index is 11.5. The molecule has 0 bridgehead atoms. The zero-order valence-electron chi connectivity index (χ0n) is 8.71. The molecule has 0 spiro atoms. The lowest BCUT2D eigenvalue weighted by Gasteiger charge is -2.25. The predicted molar refractivity (Wildman–Crippen MR) is 56.7 cm³/mol. The van der Waals surface area contributed by atoms with Gasteiger partial charge in [0, 0.05) is 13.0 Å². The van der Waals surface area contributed by atoms with Crippen molar-refractivity contribution in [1.29, 1.82) is 0 Å². The Labute approximate surface area is 96.1 Å². The number of carbonyl (C=O) groups excluding carboxylic acids is 2. The van der Waals surface area contributed by atoms with Crippen LogP contribution >= 0.6 is 0 Å². The second-order valence-electron chi connectivity index (χ2n) is 3.44. The van der Waals surface area contributed by atoms with Crippen LogP contribution in [0, 0.1) is 0 Å². The quantitative estimate of drug-likeness (QED) is 0.764. The highest BCUT2D eigenvalue weighted by atomic mass is 16.4. The number of pyridine rings is 1. The van der Waals surface area contributed by atoms with Crippen LogP contribution in [0.1, 0.15) is 16.9 Å². The Balaban J connectivity index is 2.28. The van der Waals surface area contributed by atoms with E-state index in [1.807, 2.05) is 0 Å². The van der Waals surface area contributed by atoms with Gasteiger partial charge < -0.3 is 5.11 Å². The van der Waals surface area contributed by atoms with E-state index in [2.05, 4.69) is 10.3 Å². The molecular weight excluding hydrogens is 226 g/mol. The average molecular weight is 235 g/mol. The van der Waals surface area contributed by atoms with E-state index in [0.717, 1.165) is 0 Å². The molecule has 17 heavy (non-hydrogen) atoms. The largest absolute Gasteiger partial charge is 0.477 e. The second kappa shape index (κ2) is 4.20. The minimum atomic E-state index is -1.17. The van der Waals surface area contributed by atoms with Crippen LogP contribution in [-0.4, -0.2) is 34.5 Å². The Morgan fingerprint density at radius 1 is 1.41 bits per heavy atom. The van der Waals surface area contributed by atoms with Gasteiger partial charge in [0.05, 0.1) is 0 Å². The number of anilines is 1. The normalized spacial score (nSPS) is 15.6. The Bertz CT molecular complexity index is 500. The van der Waals surface area contributed by atoms with Crippen molar-refractivity contribution < 1.29 is 19.5 Å². The lowest BCUT2D eigenvalue weighted by atomic mass is 10.3. The molecule has 7 heteroatoms. The van der Waals surface area contributed by atoms with Gasteiger partial charge in [-0.2, -0.15) is 0 Å². The van der Waals surface area contributed by atoms with Crippen molar-refractivity contribution in [2.24, 2.45) is 0 Å².